The number of amides is 2. The maximum atomic E-state index is 12.6. The molecule has 0 aromatic rings. The summed E-state index contributed by atoms with van der Waals surface area (Å²) in [6, 6.07) is 0. The molecule has 0 atom stereocenters. The second-order valence-corrected chi connectivity index (χ2v) is 9.95. The lowest BCUT2D eigenvalue weighted by molar-refractivity contribution is -0.140. The van der Waals surface area contributed by atoms with E-state index in [2.05, 4.69) is 17.6 Å². The average Bonchev–Trinajstić information content (AvgIpc) is 2.98. The van der Waals surface area contributed by atoms with Gasteiger partial charge < -0.3 is 30.7 Å². The number of carboxylic acid groups (broad SMARTS) is 2. The van der Waals surface area contributed by atoms with Crippen LogP contribution >= 0.6 is 0 Å². The van der Waals surface area contributed by atoms with Gasteiger partial charge in [-0.15, -0.1) is 0 Å². The van der Waals surface area contributed by atoms with E-state index in [1.807, 2.05) is 23.6 Å². The number of hydrogen-bond acceptors (Lipinski definition) is 10. The average molecular weight is 619 g/mol. The van der Waals surface area contributed by atoms with E-state index in [9.17, 15) is 34.2 Å². The van der Waals surface area contributed by atoms with Crippen molar-refractivity contribution in [3.8, 4) is 0 Å². The molecule has 0 radical (unpaired) electrons. The zero-order chi connectivity index (χ0) is 32.9. The van der Waals surface area contributed by atoms with Crippen LogP contribution in [0.4, 0.5) is 0 Å². The molecule has 0 aliphatic carbocycles. The van der Waals surface area contributed by atoms with Crippen molar-refractivity contribution in [2.24, 2.45) is 0 Å². The number of hydrogen-bond donors (Lipinski definition) is 5. The van der Waals surface area contributed by atoms with Crippen molar-refractivity contribution in [3.63, 3.8) is 0 Å². The largest absolute Gasteiger partial charge is 0.480 e. The normalized spacial score (nSPS) is 15.7. The minimum absolute atomic E-state index is 0.0675. The van der Waals surface area contributed by atoms with Gasteiger partial charge in [0.25, 0.3) is 0 Å². The Bertz CT molecular complexity index is 758. The summed E-state index contributed by atoms with van der Waals surface area (Å²) in [7, 11) is 1.00. The predicted molar refractivity (Wildman–Crippen MR) is 166 cm³/mol. The van der Waals surface area contributed by atoms with Crippen LogP contribution in [0.15, 0.2) is 0 Å². The first-order valence-corrected chi connectivity index (χ1v) is 15.5. The van der Waals surface area contributed by atoms with Crippen LogP contribution in [-0.4, -0.2) is 164 Å². The van der Waals surface area contributed by atoms with Gasteiger partial charge in [0.05, 0.1) is 26.2 Å². The highest BCUT2D eigenvalue weighted by molar-refractivity contribution is 5.78. The summed E-state index contributed by atoms with van der Waals surface area (Å²) in [5.41, 5.74) is 0. The third-order valence-electron chi connectivity index (χ3n) is 6.60. The molecule has 43 heavy (non-hydrogen) atoms. The highest BCUT2D eigenvalue weighted by atomic mass is 16.4. The van der Waals surface area contributed by atoms with Gasteiger partial charge in [0.2, 0.25) is 11.8 Å². The molecule has 0 aromatic heterocycles. The van der Waals surface area contributed by atoms with Crippen LogP contribution in [0.3, 0.4) is 0 Å². The maximum Gasteiger partial charge on any atom is 0.317 e. The molecular weight excluding hydrogens is 560 g/mol. The van der Waals surface area contributed by atoms with Crippen LogP contribution in [0.1, 0.15) is 59.3 Å². The minimum atomic E-state index is -0.966. The Morgan fingerprint density at radius 1 is 0.628 bits per heavy atom. The molecule has 5 N–H and O–H groups in total. The molecule has 1 rings (SSSR count). The Hall–Kier alpha value is -2.65. The minimum Gasteiger partial charge on any atom is -0.480 e. The van der Waals surface area contributed by atoms with Gasteiger partial charge in [0, 0.05) is 79.0 Å². The van der Waals surface area contributed by atoms with Crippen molar-refractivity contribution in [2.45, 2.75) is 59.3 Å². The summed E-state index contributed by atoms with van der Waals surface area (Å²) in [6.45, 7) is 10.9. The van der Waals surface area contributed by atoms with Gasteiger partial charge in [0.15, 0.2) is 0 Å². The first-order chi connectivity index (χ1) is 20.7. The Morgan fingerprint density at radius 2 is 1.05 bits per heavy atom. The molecule has 1 heterocycles. The van der Waals surface area contributed by atoms with Crippen LogP contribution in [0.2, 0.25) is 0 Å². The summed E-state index contributed by atoms with van der Waals surface area (Å²) in [6.07, 6.45) is 5.72. The number of nitrogens with one attached hydrogen (secondary N) is 2. The standard InChI is InChI=1S/C26H48N6O7.C2H6.CH4O/c1-2-3-8-27-23(34)7-5-4-6-9-28-24(35)20-30-12-10-29(18-19-33)11-13-31(21-25(36)37)16-17-32(15-14-30)22-26(38)39;2*1-2/h19H,2-18,20-22H2,1H3,(H,27,34)(H,28,35)(H,36,37)(H,38,39);1-2H3;2H,1H3. The lowest BCUT2D eigenvalue weighted by Gasteiger charge is -2.32. The number of aliphatic hydroxyl groups excluding tert-OH is 1. The SMILES string of the molecule is CC.CCCCNC(=O)CCCCCNC(=O)CN1CCN(CC=O)CCN(CC(=O)O)CCN(CC(=O)O)CC1.CO. The highest BCUT2D eigenvalue weighted by Crippen LogP contribution is 2.02. The molecule has 1 saturated heterocycles. The van der Waals surface area contributed by atoms with Crippen molar-refractivity contribution in [1.82, 2.24) is 30.2 Å². The fraction of sp³-hybridized carbons (Fsp3) is 0.828. The molecule has 1 aliphatic heterocycles. The van der Waals surface area contributed by atoms with Gasteiger partial charge in [-0.25, -0.2) is 0 Å². The quantitative estimate of drug-likeness (QED) is 0.107. The molecule has 0 spiro atoms. The Kier molecular flexibility index (Phi) is 29.1. The highest BCUT2D eigenvalue weighted by Gasteiger charge is 2.20. The van der Waals surface area contributed by atoms with Crippen LogP contribution < -0.4 is 10.6 Å². The number of carboxylic acids is 2. The topological polar surface area (TPSA) is 183 Å². The smallest absolute Gasteiger partial charge is 0.317 e. The molecule has 0 unspecified atom stereocenters. The van der Waals surface area contributed by atoms with Crippen molar-refractivity contribution in [2.75, 3.05) is 98.7 Å². The summed E-state index contributed by atoms with van der Waals surface area (Å²) >= 11 is 0. The van der Waals surface area contributed by atoms with E-state index >= 15 is 0 Å². The third kappa shape index (κ3) is 25.6. The number of rotatable bonds is 17. The van der Waals surface area contributed by atoms with Gasteiger partial charge >= 0.3 is 11.9 Å². The summed E-state index contributed by atoms with van der Waals surface area (Å²) in [5, 5.41) is 31.4. The molecule has 2 amide bonds. The number of carbonyl (C=O) groups excluding carboxylic acids is 3. The fourth-order valence-corrected chi connectivity index (χ4v) is 4.29. The third-order valence-corrected chi connectivity index (χ3v) is 6.60. The summed E-state index contributed by atoms with van der Waals surface area (Å²) in [5.74, 6) is -1.98. The van der Waals surface area contributed by atoms with Crippen LogP contribution in [-0.2, 0) is 24.0 Å². The Morgan fingerprint density at radius 3 is 1.49 bits per heavy atom. The van der Waals surface area contributed by atoms with E-state index < -0.39 is 11.9 Å². The lowest BCUT2D eigenvalue weighted by Crippen LogP contribution is -2.49. The van der Waals surface area contributed by atoms with Gasteiger partial charge in [-0.2, -0.15) is 0 Å². The van der Waals surface area contributed by atoms with Crippen LogP contribution in [0.25, 0.3) is 0 Å². The predicted octanol–water partition coefficient (Wildman–Crippen LogP) is -0.196. The van der Waals surface area contributed by atoms with E-state index in [1.165, 1.54) is 0 Å². The fourth-order valence-electron chi connectivity index (χ4n) is 4.29. The molecule has 252 valence electrons. The van der Waals surface area contributed by atoms with Crippen molar-refractivity contribution < 1.29 is 39.3 Å². The van der Waals surface area contributed by atoms with Gasteiger partial charge in [-0.3, -0.25) is 38.8 Å². The van der Waals surface area contributed by atoms with E-state index in [0.717, 1.165) is 45.5 Å². The van der Waals surface area contributed by atoms with E-state index in [4.69, 9.17) is 5.11 Å². The van der Waals surface area contributed by atoms with Crippen LogP contribution in [0.5, 0.6) is 0 Å². The monoisotopic (exact) mass is 618 g/mol. The van der Waals surface area contributed by atoms with Gasteiger partial charge in [-0.1, -0.05) is 33.6 Å². The van der Waals surface area contributed by atoms with E-state index in [0.29, 0.717) is 71.9 Å². The van der Waals surface area contributed by atoms with Crippen molar-refractivity contribution in [1.29, 1.82) is 0 Å². The van der Waals surface area contributed by atoms with Crippen molar-refractivity contribution >= 4 is 30.0 Å². The second-order valence-electron chi connectivity index (χ2n) is 9.95. The Balaban J connectivity index is 0. The first kappa shape index (κ1) is 42.5. The first-order valence-electron chi connectivity index (χ1n) is 15.5. The zero-order valence-electron chi connectivity index (χ0n) is 26.9. The van der Waals surface area contributed by atoms with E-state index in [-0.39, 0.29) is 38.0 Å². The molecule has 0 aromatic carbocycles. The lowest BCUT2D eigenvalue weighted by atomic mass is 10.2. The number of carbonyl (C=O) groups is 5. The molecule has 0 bridgehead atoms. The van der Waals surface area contributed by atoms with Gasteiger partial charge in [-0.05, 0) is 19.3 Å². The molecule has 0 saturated carbocycles. The second kappa shape index (κ2) is 29.4. The molecular formula is C29H58N6O8. The number of aliphatic carboxylic acids is 2. The molecule has 1 aliphatic rings. The van der Waals surface area contributed by atoms with Gasteiger partial charge in [0.1, 0.15) is 6.29 Å². The molecule has 14 nitrogen and oxygen atoms in total. The van der Waals surface area contributed by atoms with Crippen LogP contribution in [0, 0.1) is 0 Å². The summed E-state index contributed by atoms with van der Waals surface area (Å²) < 4.78 is 0. The zero-order valence-corrected chi connectivity index (χ0v) is 26.9. The number of nitrogens with zero attached hydrogens (tertiary/aromatic N) is 4. The summed E-state index contributed by atoms with van der Waals surface area (Å²) in [4.78, 5) is 65.6. The van der Waals surface area contributed by atoms with E-state index in [1.54, 1.807) is 9.80 Å². The number of aldehydes is 1. The number of aliphatic hydroxyl groups is 1. The molecule has 1 fully saturated rings. The van der Waals surface area contributed by atoms with Crippen molar-refractivity contribution in [3.05, 3.63) is 0 Å². The molecule has 14 heteroatoms. The number of unbranched alkanes of at least 4 members (excludes halogenated alkanes) is 3. The Labute approximate surface area is 257 Å². The maximum absolute atomic E-state index is 12.6.